The van der Waals surface area contributed by atoms with Crippen molar-refractivity contribution in [2.24, 2.45) is 23.7 Å². The van der Waals surface area contributed by atoms with Crippen molar-refractivity contribution in [2.75, 3.05) is 4.90 Å². The number of para-hydroxylation sites is 1. The van der Waals surface area contributed by atoms with Crippen molar-refractivity contribution in [2.45, 2.75) is 26.2 Å². The Morgan fingerprint density at radius 3 is 2.27 bits per heavy atom. The number of fused-ring (bicyclic) bond motifs is 5. The molecule has 0 unspecified atom stereocenters. The standard InChI is InChI=1S/C24H21NO5/c1-13(26)18-7-2-3-8-19(18)30-24(29)16-5-4-6-17(12-16)25-22(27)20-14-9-10-15(11-14)21(20)23(25)28/h2-8,12,14-15,20-21H,9-11H2,1H3/t14-,15-,20+,21+/m0/s1. The smallest absolute Gasteiger partial charge is 0.343 e. The predicted molar refractivity (Wildman–Crippen MR) is 108 cm³/mol. The maximum atomic E-state index is 13.0. The van der Waals surface area contributed by atoms with E-state index in [0.717, 1.165) is 19.3 Å². The molecule has 3 aliphatic rings. The Kier molecular flexibility index (Phi) is 4.31. The van der Waals surface area contributed by atoms with Gasteiger partial charge in [-0.2, -0.15) is 0 Å². The molecule has 30 heavy (non-hydrogen) atoms. The van der Waals surface area contributed by atoms with E-state index in [4.69, 9.17) is 4.74 Å². The minimum absolute atomic E-state index is 0.148. The summed E-state index contributed by atoms with van der Waals surface area (Å²) in [6.45, 7) is 1.40. The van der Waals surface area contributed by atoms with Crippen LogP contribution in [0.15, 0.2) is 48.5 Å². The van der Waals surface area contributed by atoms with Crippen molar-refractivity contribution in [1.29, 1.82) is 0 Å². The third-order valence-electron chi connectivity index (χ3n) is 6.74. The van der Waals surface area contributed by atoms with E-state index < -0.39 is 5.97 Å². The summed E-state index contributed by atoms with van der Waals surface area (Å²) in [6, 6.07) is 12.9. The first-order chi connectivity index (χ1) is 14.5. The van der Waals surface area contributed by atoms with Gasteiger partial charge in [0.05, 0.1) is 28.7 Å². The van der Waals surface area contributed by atoms with Crippen LogP contribution in [0.3, 0.4) is 0 Å². The number of anilines is 1. The van der Waals surface area contributed by atoms with Crippen molar-refractivity contribution in [3.05, 3.63) is 59.7 Å². The fourth-order valence-electron chi connectivity index (χ4n) is 5.44. The van der Waals surface area contributed by atoms with Crippen molar-refractivity contribution in [1.82, 2.24) is 0 Å². The Labute approximate surface area is 173 Å². The van der Waals surface area contributed by atoms with Crippen molar-refractivity contribution in [3.63, 3.8) is 0 Å². The van der Waals surface area contributed by atoms with Gasteiger partial charge in [0.25, 0.3) is 0 Å². The van der Waals surface area contributed by atoms with Crippen LogP contribution in [0.2, 0.25) is 0 Å². The SMILES string of the molecule is CC(=O)c1ccccc1OC(=O)c1cccc(N2C(=O)[C@@H]3[C@H]4CC[C@@H](C4)[C@H]3C2=O)c1. The number of carbonyl (C=O) groups is 4. The van der Waals surface area contributed by atoms with Gasteiger partial charge in [-0.1, -0.05) is 18.2 Å². The summed E-state index contributed by atoms with van der Waals surface area (Å²) in [4.78, 5) is 51.8. The molecule has 1 saturated heterocycles. The topological polar surface area (TPSA) is 80.8 Å². The number of rotatable bonds is 4. The highest BCUT2D eigenvalue weighted by atomic mass is 16.5. The number of hydrogen-bond acceptors (Lipinski definition) is 5. The maximum Gasteiger partial charge on any atom is 0.343 e. The second-order valence-corrected chi connectivity index (χ2v) is 8.39. The summed E-state index contributed by atoms with van der Waals surface area (Å²) in [5.74, 6) is -0.792. The number of carbonyl (C=O) groups excluding carboxylic acids is 4. The maximum absolute atomic E-state index is 13.0. The summed E-state index contributed by atoms with van der Waals surface area (Å²) in [5.41, 5.74) is 0.926. The van der Waals surface area contributed by atoms with Gasteiger partial charge in [0.15, 0.2) is 5.78 Å². The van der Waals surface area contributed by atoms with Crippen LogP contribution in [-0.4, -0.2) is 23.6 Å². The summed E-state index contributed by atoms with van der Waals surface area (Å²) in [5, 5.41) is 0. The number of imide groups is 1. The van der Waals surface area contributed by atoms with Crippen LogP contribution in [0.25, 0.3) is 0 Å². The molecule has 2 aromatic rings. The Balaban J connectivity index is 1.41. The van der Waals surface area contributed by atoms with Gasteiger partial charge in [0.2, 0.25) is 11.8 Å². The molecule has 1 aliphatic heterocycles. The molecule has 0 aromatic heterocycles. The first-order valence-electron chi connectivity index (χ1n) is 10.3. The lowest BCUT2D eigenvalue weighted by atomic mass is 9.81. The fraction of sp³-hybridized carbons (Fsp3) is 0.333. The van der Waals surface area contributed by atoms with E-state index in [2.05, 4.69) is 0 Å². The normalized spacial score (nSPS) is 26.8. The molecule has 6 heteroatoms. The summed E-state index contributed by atoms with van der Waals surface area (Å²) < 4.78 is 5.43. The Bertz CT molecular complexity index is 1060. The van der Waals surface area contributed by atoms with E-state index in [1.54, 1.807) is 42.5 Å². The molecule has 0 radical (unpaired) electrons. The highest BCUT2D eigenvalue weighted by Crippen LogP contribution is 2.56. The molecule has 2 bridgehead atoms. The average molecular weight is 403 g/mol. The van der Waals surface area contributed by atoms with Crippen molar-refractivity contribution in [3.8, 4) is 5.75 Å². The van der Waals surface area contributed by atoms with E-state index in [9.17, 15) is 19.2 Å². The molecule has 2 amide bonds. The second kappa shape index (κ2) is 6.90. The Morgan fingerprint density at radius 1 is 0.933 bits per heavy atom. The third kappa shape index (κ3) is 2.78. The van der Waals surface area contributed by atoms with E-state index in [0.29, 0.717) is 23.1 Å². The number of Topliss-reactive ketones (excluding diaryl/α,β-unsaturated/α-hetero) is 1. The van der Waals surface area contributed by atoms with Gasteiger partial charge in [-0.25, -0.2) is 4.79 Å². The molecule has 2 aromatic carbocycles. The van der Waals surface area contributed by atoms with Crippen molar-refractivity contribution < 1.29 is 23.9 Å². The number of esters is 1. The van der Waals surface area contributed by atoms with Gasteiger partial charge in [0.1, 0.15) is 5.75 Å². The number of nitrogens with zero attached hydrogens (tertiary/aromatic N) is 1. The lowest BCUT2D eigenvalue weighted by Crippen LogP contribution is -2.32. The molecule has 3 fully saturated rings. The number of ether oxygens (including phenoxy) is 1. The van der Waals surface area contributed by atoms with Gasteiger partial charge in [0, 0.05) is 0 Å². The molecule has 152 valence electrons. The van der Waals surface area contributed by atoms with Gasteiger partial charge >= 0.3 is 5.97 Å². The summed E-state index contributed by atoms with van der Waals surface area (Å²) in [7, 11) is 0. The Morgan fingerprint density at radius 2 is 1.60 bits per heavy atom. The number of benzene rings is 2. The molecule has 4 atom stereocenters. The van der Waals surface area contributed by atoms with Crippen LogP contribution in [0, 0.1) is 23.7 Å². The van der Waals surface area contributed by atoms with Crippen LogP contribution in [0.1, 0.15) is 46.9 Å². The van der Waals surface area contributed by atoms with E-state index in [1.807, 2.05) is 0 Å². The number of hydrogen-bond donors (Lipinski definition) is 0. The average Bonchev–Trinajstić information content (AvgIpc) is 3.42. The van der Waals surface area contributed by atoms with Gasteiger partial charge in [-0.15, -0.1) is 0 Å². The van der Waals surface area contributed by atoms with Gasteiger partial charge in [-0.05, 0) is 68.4 Å². The number of amides is 2. The minimum atomic E-state index is -0.648. The molecule has 2 aliphatic carbocycles. The summed E-state index contributed by atoms with van der Waals surface area (Å²) >= 11 is 0. The quantitative estimate of drug-likeness (QED) is 0.337. The largest absolute Gasteiger partial charge is 0.422 e. The highest BCUT2D eigenvalue weighted by molar-refractivity contribution is 6.22. The van der Waals surface area contributed by atoms with Crippen LogP contribution in [-0.2, 0) is 9.59 Å². The van der Waals surface area contributed by atoms with Crippen LogP contribution in [0.5, 0.6) is 5.75 Å². The zero-order valence-corrected chi connectivity index (χ0v) is 16.5. The lowest BCUT2D eigenvalue weighted by molar-refractivity contribution is -0.123. The molecule has 0 N–H and O–H groups in total. The van der Waals surface area contributed by atoms with Crippen molar-refractivity contribution >= 4 is 29.3 Å². The molecule has 0 spiro atoms. The molecule has 5 rings (SSSR count). The van der Waals surface area contributed by atoms with Gasteiger partial charge < -0.3 is 4.74 Å². The molecular formula is C24H21NO5. The third-order valence-corrected chi connectivity index (χ3v) is 6.74. The minimum Gasteiger partial charge on any atom is -0.422 e. The highest BCUT2D eigenvalue weighted by Gasteiger charge is 2.61. The first kappa shape index (κ1) is 18.7. The van der Waals surface area contributed by atoms with Crippen LogP contribution >= 0.6 is 0 Å². The molecule has 6 nitrogen and oxygen atoms in total. The molecule has 1 heterocycles. The fourth-order valence-corrected chi connectivity index (χ4v) is 5.44. The zero-order chi connectivity index (χ0) is 21.0. The van der Waals surface area contributed by atoms with E-state index in [1.165, 1.54) is 17.9 Å². The molecular weight excluding hydrogens is 382 g/mol. The number of ketones is 1. The Hall–Kier alpha value is -3.28. The molecule has 2 saturated carbocycles. The van der Waals surface area contributed by atoms with E-state index in [-0.39, 0.29) is 40.7 Å². The second-order valence-electron chi connectivity index (χ2n) is 8.39. The predicted octanol–water partition coefficient (Wildman–Crippen LogP) is 3.64. The van der Waals surface area contributed by atoms with Gasteiger partial charge in [-0.3, -0.25) is 19.3 Å². The van der Waals surface area contributed by atoms with E-state index >= 15 is 0 Å². The van der Waals surface area contributed by atoms with Crippen LogP contribution in [0.4, 0.5) is 5.69 Å². The monoisotopic (exact) mass is 403 g/mol. The first-order valence-corrected chi connectivity index (χ1v) is 10.3. The zero-order valence-electron chi connectivity index (χ0n) is 16.5. The summed E-state index contributed by atoms with van der Waals surface area (Å²) in [6.07, 6.45) is 3.00. The van der Waals surface area contributed by atoms with Crippen LogP contribution < -0.4 is 9.64 Å². The lowest BCUT2D eigenvalue weighted by Gasteiger charge is -2.19.